The Bertz CT molecular complexity index is 1280. The number of hydrogen-bond acceptors (Lipinski definition) is 5. The third kappa shape index (κ3) is 4.54. The number of aromatic nitrogens is 2. The van der Waals surface area contributed by atoms with Crippen LogP contribution in [-0.4, -0.2) is 44.8 Å². The fourth-order valence-corrected chi connectivity index (χ4v) is 3.36. The average Bonchev–Trinajstić information content (AvgIpc) is 2.77. The van der Waals surface area contributed by atoms with E-state index >= 15 is 0 Å². The number of nitrogens with one attached hydrogen (secondary N) is 1. The van der Waals surface area contributed by atoms with E-state index in [4.69, 9.17) is 0 Å². The van der Waals surface area contributed by atoms with Crippen molar-refractivity contribution in [2.75, 3.05) is 13.1 Å². The van der Waals surface area contributed by atoms with Crippen molar-refractivity contribution >= 4 is 17.8 Å². The number of rotatable bonds is 6. The second-order valence-electron chi connectivity index (χ2n) is 7.40. The van der Waals surface area contributed by atoms with Crippen LogP contribution in [0.4, 0.5) is 5.69 Å². The summed E-state index contributed by atoms with van der Waals surface area (Å²) in [5.41, 5.74) is 1.53. The Balaban J connectivity index is 1.98. The first-order valence-electron chi connectivity index (χ1n) is 10.4. The second kappa shape index (κ2) is 9.47. The zero-order chi connectivity index (χ0) is 23.4. The number of aliphatic imine (C=N–C) groups is 1. The molecule has 8 nitrogen and oxygen atoms in total. The molecule has 2 N–H and O–H groups in total. The van der Waals surface area contributed by atoms with Gasteiger partial charge in [-0.05, 0) is 69.2 Å². The predicted molar refractivity (Wildman–Crippen MR) is 125 cm³/mol. The second-order valence-corrected chi connectivity index (χ2v) is 7.40. The Morgan fingerprint density at radius 2 is 1.75 bits per heavy atom. The van der Waals surface area contributed by atoms with E-state index in [1.807, 2.05) is 32.9 Å². The molecule has 0 saturated carbocycles. The summed E-state index contributed by atoms with van der Waals surface area (Å²) in [4.78, 5) is 45.4. The first kappa shape index (κ1) is 22.7. The molecule has 2 aromatic carbocycles. The van der Waals surface area contributed by atoms with Gasteiger partial charge in [0.15, 0.2) is 0 Å². The van der Waals surface area contributed by atoms with Crippen molar-refractivity contribution in [2.24, 2.45) is 4.99 Å². The van der Waals surface area contributed by atoms with E-state index in [1.54, 1.807) is 42.2 Å². The lowest BCUT2D eigenvalue weighted by Gasteiger charge is -2.18. The molecule has 0 aliphatic rings. The molecule has 0 spiro atoms. The van der Waals surface area contributed by atoms with Gasteiger partial charge in [0.1, 0.15) is 5.56 Å². The van der Waals surface area contributed by atoms with Crippen LogP contribution in [0.2, 0.25) is 0 Å². The number of carbonyl (C=O) groups excluding carboxylic acids is 1. The van der Waals surface area contributed by atoms with Crippen LogP contribution in [0.25, 0.3) is 5.69 Å². The largest absolute Gasteiger partial charge is 0.493 e. The minimum absolute atomic E-state index is 0.0692. The summed E-state index contributed by atoms with van der Waals surface area (Å²) in [5, 5.41) is 10.7. The number of nitrogens with zero attached hydrogens (tertiary/aromatic N) is 3. The van der Waals surface area contributed by atoms with Gasteiger partial charge in [0.2, 0.25) is 5.88 Å². The summed E-state index contributed by atoms with van der Waals surface area (Å²) in [6, 6.07) is 12.1. The molecule has 0 saturated heterocycles. The summed E-state index contributed by atoms with van der Waals surface area (Å²) in [6.07, 6.45) is 1.20. The summed E-state index contributed by atoms with van der Waals surface area (Å²) in [7, 11) is 0. The van der Waals surface area contributed by atoms with Crippen LogP contribution in [0.3, 0.4) is 0 Å². The van der Waals surface area contributed by atoms with Gasteiger partial charge in [-0.15, -0.1) is 0 Å². The highest BCUT2D eigenvalue weighted by Crippen LogP contribution is 2.21. The van der Waals surface area contributed by atoms with E-state index in [1.165, 1.54) is 6.21 Å². The number of aryl methyl sites for hydroxylation is 2. The lowest BCUT2D eigenvalue weighted by atomic mass is 10.1. The van der Waals surface area contributed by atoms with Gasteiger partial charge in [0, 0.05) is 24.9 Å². The summed E-state index contributed by atoms with van der Waals surface area (Å²) in [5.74, 6) is -0.565. The van der Waals surface area contributed by atoms with Crippen LogP contribution >= 0.6 is 0 Å². The molecule has 0 fully saturated rings. The van der Waals surface area contributed by atoms with Crippen LogP contribution in [0.15, 0.2) is 57.0 Å². The Morgan fingerprint density at radius 1 is 1.09 bits per heavy atom. The number of aromatic hydroxyl groups is 1. The Morgan fingerprint density at radius 3 is 2.38 bits per heavy atom. The van der Waals surface area contributed by atoms with Crippen molar-refractivity contribution in [3.63, 3.8) is 0 Å². The standard InChI is InChI=1S/C24H26N4O4/c1-5-27(6-2)22(30)17-9-11-18(12-10-17)25-14-19-21(29)26-24(32)28(23(19)31)20-13-15(3)7-8-16(20)4/h7-14,31H,5-6H2,1-4H3,(H,26,29,32). The van der Waals surface area contributed by atoms with E-state index in [2.05, 4.69) is 9.98 Å². The first-order valence-corrected chi connectivity index (χ1v) is 10.4. The van der Waals surface area contributed by atoms with E-state index in [9.17, 15) is 19.5 Å². The zero-order valence-electron chi connectivity index (χ0n) is 18.5. The van der Waals surface area contributed by atoms with Gasteiger partial charge in [-0.1, -0.05) is 12.1 Å². The van der Waals surface area contributed by atoms with E-state index < -0.39 is 17.1 Å². The fourth-order valence-electron chi connectivity index (χ4n) is 3.36. The lowest BCUT2D eigenvalue weighted by Crippen LogP contribution is -2.31. The number of hydrogen-bond donors (Lipinski definition) is 2. The molecule has 166 valence electrons. The molecule has 0 radical (unpaired) electrons. The molecular formula is C24H26N4O4. The van der Waals surface area contributed by atoms with E-state index in [0.29, 0.717) is 30.0 Å². The molecule has 0 aliphatic heterocycles. The van der Waals surface area contributed by atoms with Gasteiger partial charge >= 0.3 is 5.69 Å². The summed E-state index contributed by atoms with van der Waals surface area (Å²) < 4.78 is 1.05. The molecular weight excluding hydrogens is 408 g/mol. The van der Waals surface area contributed by atoms with E-state index in [0.717, 1.165) is 15.7 Å². The molecule has 32 heavy (non-hydrogen) atoms. The first-order chi connectivity index (χ1) is 15.3. The summed E-state index contributed by atoms with van der Waals surface area (Å²) in [6.45, 7) is 8.75. The minimum Gasteiger partial charge on any atom is -0.493 e. The lowest BCUT2D eigenvalue weighted by molar-refractivity contribution is 0.0773. The Kier molecular flexibility index (Phi) is 6.73. The Hall–Kier alpha value is -3.94. The Labute approximate surface area is 185 Å². The number of H-pyrrole nitrogens is 1. The zero-order valence-corrected chi connectivity index (χ0v) is 18.5. The van der Waals surface area contributed by atoms with Crippen LogP contribution < -0.4 is 11.2 Å². The molecule has 1 aromatic heterocycles. The van der Waals surface area contributed by atoms with Crippen LogP contribution in [0.1, 0.15) is 40.9 Å². The minimum atomic E-state index is -0.744. The number of benzene rings is 2. The molecule has 0 unspecified atom stereocenters. The quantitative estimate of drug-likeness (QED) is 0.581. The fraction of sp³-hybridized carbons (Fsp3) is 0.250. The topological polar surface area (TPSA) is 108 Å². The maximum absolute atomic E-state index is 12.4. The molecule has 0 bridgehead atoms. The molecule has 3 aromatic rings. The maximum atomic E-state index is 12.4. The predicted octanol–water partition coefficient (Wildman–Crippen LogP) is 3.08. The third-order valence-corrected chi connectivity index (χ3v) is 5.23. The van der Waals surface area contributed by atoms with Crippen LogP contribution in [-0.2, 0) is 0 Å². The van der Waals surface area contributed by atoms with Crippen molar-refractivity contribution in [3.8, 4) is 11.6 Å². The van der Waals surface area contributed by atoms with Crippen molar-refractivity contribution in [3.05, 3.63) is 85.6 Å². The highest BCUT2D eigenvalue weighted by molar-refractivity contribution is 5.94. The van der Waals surface area contributed by atoms with Gasteiger partial charge in [-0.3, -0.25) is 19.6 Å². The van der Waals surface area contributed by atoms with Gasteiger partial charge in [-0.2, -0.15) is 0 Å². The molecule has 0 aliphatic carbocycles. The monoisotopic (exact) mass is 434 g/mol. The molecule has 1 amide bonds. The summed E-state index contributed by atoms with van der Waals surface area (Å²) >= 11 is 0. The number of aromatic amines is 1. The molecule has 0 atom stereocenters. The molecule has 3 rings (SSSR count). The molecule has 8 heteroatoms. The normalized spacial score (nSPS) is 11.1. The van der Waals surface area contributed by atoms with Gasteiger partial charge < -0.3 is 10.0 Å². The average molecular weight is 434 g/mol. The van der Waals surface area contributed by atoms with Gasteiger partial charge in [0.05, 0.1) is 11.4 Å². The van der Waals surface area contributed by atoms with Crippen molar-refractivity contribution in [1.82, 2.24) is 14.5 Å². The van der Waals surface area contributed by atoms with Gasteiger partial charge in [-0.25, -0.2) is 9.36 Å². The highest BCUT2D eigenvalue weighted by Gasteiger charge is 2.16. The van der Waals surface area contributed by atoms with Crippen LogP contribution in [0, 0.1) is 13.8 Å². The van der Waals surface area contributed by atoms with Crippen molar-refractivity contribution < 1.29 is 9.90 Å². The highest BCUT2D eigenvalue weighted by atomic mass is 16.3. The maximum Gasteiger partial charge on any atom is 0.335 e. The van der Waals surface area contributed by atoms with Gasteiger partial charge in [0.25, 0.3) is 11.5 Å². The van der Waals surface area contributed by atoms with Crippen LogP contribution in [0.5, 0.6) is 5.88 Å². The molecule has 1 heterocycles. The number of amides is 1. The van der Waals surface area contributed by atoms with Crippen molar-refractivity contribution in [1.29, 1.82) is 0 Å². The number of carbonyl (C=O) groups is 1. The van der Waals surface area contributed by atoms with Crippen molar-refractivity contribution in [2.45, 2.75) is 27.7 Å². The van der Waals surface area contributed by atoms with E-state index in [-0.39, 0.29) is 11.5 Å². The smallest absolute Gasteiger partial charge is 0.335 e. The third-order valence-electron chi connectivity index (χ3n) is 5.23. The SMILES string of the molecule is CCN(CC)C(=O)c1ccc(N=Cc2c(O)n(-c3cc(C)ccc3C)c(=O)[nH]c2=O)cc1.